The third kappa shape index (κ3) is 3.63. The number of likely N-dealkylation sites (tertiary alicyclic amines) is 1. The number of ketones is 1. The quantitative estimate of drug-likeness (QED) is 0.371. The van der Waals surface area contributed by atoms with Crippen LogP contribution in [0.25, 0.3) is 5.76 Å². The van der Waals surface area contributed by atoms with Crippen LogP contribution < -0.4 is 9.47 Å². The van der Waals surface area contributed by atoms with E-state index in [0.717, 1.165) is 5.56 Å². The Hall–Kier alpha value is -4.07. The second-order valence-electron chi connectivity index (χ2n) is 6.86. The van der Waals surface area contributed by atoms with E-state index in [2.05, 4.69) is 4.98 Å². The van der Waals surface area contributed by atoms with Gasteiger partial charge in [-0.05, 0) is 48.0 Å². The first-order chi connectivity index (χ1) is 15.0. The predicted octanol–water partition coefficient (Wildman–Crippen LogP) is 3.31. The van der Waals surface area contributed by atoms with Gasteiger partial charge in [-0.25, -0.2) is 0 Å². The molecule has 0 spiro atoms. The molecule has 2 aromatic heterocycles. The summed E-state index contributed by atoms with van der Waals surface area (Å²) in [5.74, 6) is -0.761. The molecule has 1 atom stereocenters. The van der Waals surface area contributed by atoms with Gasteiger partial charge in [0.15, 0.2) is 0 Å². The molecule has 1 fully saturated rings. The highest BCUT2D eigenvalue weighted by Crippen LogP contribution is 2.42. The number of carbonyl (C=O) groups is 2. The summed E-state index contributed by atoms with van der Waals surface area (Å²) < 4.78 is 16.1. The van der Waals surface area contributed by atoms with Crippen LogP contribution in [0, 0.1) is 0 Å². The molecule has 8 heteroatoms. The minimum absolute atomic E-state index is 0.0828. The zero-order valence-corrected chi connectivity index (χ0v) is 16.9. The van der Waals surface area contributed by atoms with Gasteiger partial charge in [0, 0.05) is 18.9 Å². The lowest BCUT2D eigenvalue weighted by Gasteiger charge is -2.23. The number of hydrogen-bond acceptors (Lipinski definition) is 7. The van der Waals surface area contributed by atoms with Crippen LogP contribution in [0.1, 0.15) is 22.9 Å². The molecule has 1 N–H and O–H groups in total. The monoisotopic (exact) mass is 420 g/mol. The second-order valence-corrected chi connectivity index (χ2v) is 6.86. The number of aromatic nitrogens is 1. The highest BCUT2D eigenvalue weighted by molar-refractivity contribution is 6.46. The number of hydrogen-bond donors (Lipinski definition) is 1. The lowest BCUT2D eigenvalue weighted by molar-refractivity contribution is -0.140. The lowest BCUT2D eigenvalue weighted by Crippen LogP contribution is -2.29. The van der Waals surface area contributed by atoms with Gasteiger partial charge >= 0.3 is 0 Å². The number of furan rings is 1. The van der Waals surface area contributed by atoms with Crippen LogP contribution in [0.15, 0.2) is 71.1 Å². The van der Waals surface area contributed by atoms with Crippen LogP contribution in [-0.2, 0) is 16.1 Å². The number of carbonyl (C=O) groups excluding carboxylic acids is 2. The second kappa shape index (κ2) is 8.35. The number of Topliss-reactive ketones (excluding diaryl/α,β-unsaturated/α-hetero) is 1. The molecule has 1 aromatic carbocycles. The first kappa shape index (κ1) is 20.2. The molecule has 8 nitrogen and oxygen atoms in total. The minimum atomic E-state index is -0.904. The Bertz CT molecular complexity index is 1140. The first-order valence-electron chi connectivity index (χ1n) is 9.48. The SMILES string of the molecule is COc1ccc(OC)c(/C(O)=C2/C(=O)C(=O)N(Cc3ccncc3)C2c2ccco2)c1. The summed E-state index contributed by atoms with van der Waals surface area (Å²) in [7, 11) is 2.94. The van der Waals surface area contributed by atoms with Crippen molar-refractivity contribution >= 4 is 17.4 Å². The third-order valence-electron chi connectivity index (χ3n) is 5.12. The van der Waals surface area contributed by atoms with Gasteiger partial charge in [0.1, 0.15) is 29.1 Å². The molecule has 1 amide bonds. The molecule has 3 aromatic rings. The van der Waals surface area contributed by atoms with E-state index in [0.29, 0.717) is 17.3 Å². The van der Waals surface area contributed by atoms with Gasteiger partial charge in [-0.1, -0.05) is 0 Å². The van der Waals surface area contributed by atoms with E-state index in [1.54, 1.807) is 54.9 Å². The van der Waals surface area contributed by atoms with Crippen molar-refractivity contribution in [3.8, 4) is 11.5 Å². The minimum Gasteiger partial charge on any atom is -0.507 e. The number of nitrogens with zero attached hydrogens (tertiary/aromatic N) is 2. The Morgan fingerprint density at radius 1 is 1.13 bits per heavy atom. The summed E-state index contributed by atoms with van der Waals surface area (Å²) in [5.41, 5.74) is 0.938. The molecular weight excluding hydrogens is 400 g/mol. The summed E-state index contributed by atoms with van der Waals surface area (Å²) in [6, 6.07) is 10.8. The summed E-state index contributed by atoms with van der Waals surface area (Å²) >= 11 is 0. The highest BCUT2D eigenvalue weighted by Gasteiger charge is 2.47. The molecule has 1 aliphatic rings. The molecule has 0 saturated carbocycles. The van der Waals surface area contributed by atoms with Crippen LogP contribution >= 0.6 is 0 Å². The summed E-state index contributed by atoms with van der Waals surface area (Å²) in [6.07, 6.45) is 4.66. The smallest absolute Gasteiger partial charge is 0.296 e. The number of ether oxygens (including phenoxy) is 2. The van der Waals surface area contributed by atoms with E-state index in [1.165, 1.54) is 25.4 Å². The Morgan fingerprint density at radius 2 is 1.90 bits per heavy atom. The average molecular weight is 420 g/mol. The van der Waals surface area contributed by atoms with Crippen molar-refractivity contribution < 1.29 is 28.6 Å². The third-order valence-corrected chi connectivity index (χ3v) is 5.12. The molecule has 1 aliphatic heterocycles. The fourth-order valence-electron chi connectivity index (χ4n) is 3.61. The molecule has 3 heterocycles. The van der Waals surface area contributed by atoms with Crippen molar-refractivity contribution in [2.24, 2.45) is 0 Å². The average Bonchev–Trinajstić information content (AvgIpc) is 3.41. The molecule has 1 unspecified atom stereocenters. The predicted molar refractivity (Wildman–Crippen MR) is 110 cm³/mol. The summed E-state index contributed by atoms with van der Waals surface area (Å²) in [6.45, 7) is 0.143. The van der Waals surface area contributed by atoms with Gasteiger partial charge in [-0.3, -0.25) is 14.6 Å². The van der Waals surface area contributed by atoms with E-state index >= 15 is 0 Å². The van der Waals surface area contributed by atoms with Crippen LogP contribution in [0.4, 0.5) is 0 Å². The van der Waals surface area contributed by atoms with Gasteiger partial charge in [0.25, 0.3) is 11.7 Å². The van der Waals surface area contributed by atoms with Crippen molar-refractivity contribution in [3.05, 3.63) is 83.6 Å². The standard InChI is InChI=1S/C23H20N2O6/c1-29-15-5-6-17(30-2)16(12-15)21(26)19-20(18-4-3-11-31-18)25(23(28)22(19)27)13-14-7-9-24-10-8-14/h3-12,20,26H,13H2,1-2H3/b21-19-. The summed E-state index contributed by atoms with van der Waals surface area (Å²) in [4.78, 5) is 31.3. The van der Waals surface area contributed by atoms with E-state index < -0.39 is 17.7 Å². The van der Waals surface area contributed by atoms with E-state index in [4.69, 9.17) is 13.9 Å². The lowest BCUT2D eigenvalue weighted by atomic mass is 9.98. The number of aliphatic hydroxyl groups excluding tert-OH is 1. The van der Waals surface area contributed by atoms with Crippen molar-refractivity contribution in [1.29, 1.82) is 0 Å². The van der Waals surface area contributed by atoms with Gasteiger partial charge in [-0.15, -0.1) is 0 Å². The van der Waals surface area contributed by atoms with Crippen molar-refractivity contribution in [3.63, 3.8) is 0 Å². The Morgan fingerprint density at radius 3 is 2.55 bits per heavy atom. The Balaban J connectivity index is 1.88. The van der Waals surface area contributed by atoms with Gasteiger partial charge in [0.05, 0.1) is 31.6 Å². The Kier molecular flexibility index (Phi) is 5.44. The van der Waals surface area contributed by atoms with Crippen LogP contribution in [0.2, 0.25) is 0 Å². The molecule has 0 bridgehead atoms. The molecule has 0 radical (unpaired) electrons. The molecule has 158 valence electrons. The molecule has 0 aliphatic carbocycles. The number of methoxy groups -OCH3 is 2. The molecule has 4 rings (SSSR count). The fourth-order valence-corrected chi connectivity index (χ4v) is 3.61. The van der Waals surface area contributed by atoms with Crippen molar-refractivity contribution in [2.45, 2.75) is 12.6 Å². The molecule has 31 heavy (non-hydrogen) atoms. The summed E-state index contributed by atoms with van der Waals surface area (Å²) in [5, 5.41) is 11.2. The van der Waals surface area contributed by atoms with Crippen LogP contribution in [-0.4, -0.2) is 40.9 Å². The van der Waals surface area contributed by atoms with E-state index in [9.17, 15) is 14.7 Å². The Labute approximate surface area is 178 Å². The molecular formula is C23H20N2O6. The van der Waals surface area contributed by atoms with Crippen molar-refractivity contribution in [2.75, 3.05) is 14.2 Å². The zero-order chi connectivity index (χ0) is 22.0. The van der Waals surface area contributed by atoms with Gasteiger partial charge < -0.3 is 23.9 Å². The maximum atomic E-state index is 13.0. The number of pyridine rings is 1. The number of amides is 1. The van der Waals surface area contributed by atoms with Crippen LogP contribution in [0.3, 0.4) is 0 Å². The number of benzene rings is 1. The topological polar surface area (TPSA) is 102 Å². The number of rotatable bonds is 6. The maximum absolute atomic E-state index is 13.0. The normalized spacial score (nSPS) is 17.7. The van der Waals surface area contributed by atoms with Gasteiger partial charge in [-0.2, -0.15) is 0 Å². The zero-order valence-electron chi connectivity index (χ0n) is 16.9. The number of aliphatic hydroxyl groups is 1. The highest BCUT2D eigenvalue weighted by atomic mass is 16.5. The van der Waals surface area contributed by atoms with Gasteiger partial charge in [0.2, 0.25) is 0 Å². The largest absolute Gasteiger partial charge is 0.507 e. The van der Waals surface area contributed by atoms with E-state index in [-0.39, 0.29) is 23.4 Å². The van der Waals surface area contributed by atoms with Crippen LogP contribution in [0.5, 0.6) is 11.5 Å². The maximum Gasteiger partial charge on any atom is 0.296 e. The van der Waals surface area contributed by atoms with Crippen molar-refractivity contribution in [1.82, 2.24) is 9.88 Å². The molecule has 1 saturated heterocycles. The fraction of sp³-hybridized carbons (Fsp3) is 0.174. The first-order valence-corrected chi connectivity index (χ1v) is 9.48. The van der Waals surface area contributed by atoms with E-state index in [1.807, 2.05) is 0 Å².